The van der Waals surface area contributed by atoms with Crippen LogP contribution in [0.25, 0.3) is 16.9 Å². The summed E-state index contributed by atoms with van der Waals surface area (Å²) in [6, 6.07) is 22.9. The van der Waals surface area contributed by atoms with Crippen molar-refractivity contribution in [2.24, 2.45) is 0 Å². The molecule has 0 bridgehead atoms. The third-order valence-electron chi connectivity index (χ3n) is 4.09. The molecular formula is C21H18N4O. The zero-order valence-electron chi connectivity index (χ0n) is 14.3. The molecule has 0 aliphatic rings. The molecular weight excluding hydrogens is 324 g/mol. The molecule has 2 aromatic carbocycles. The summed E-state index contributed by atoms with van der Waals surface area (Å²) in [6.07, 6.45) is 1.89. The lowest BCUT2D eigenvalue weighted by atomic mass is 10.1. The normalized spacial score (nSPS) is 10.7. The van der Waals surface area contributed by atoms with Crippen molar-refractivity contribution in [1.82, 2.24) is 9.38 Å². The molecule has 2 aromatic heterocycles. The topological polar surface area (TPSA) is 58.4 Å². The van der Waals surface area contributed by atoms with E-state index in [1.807, 2.05) is 90.3 Å². The lowest BCUT2D eigenvalue weighted by Crippen LogP contribution is -2.20. The van der Waals surface area contributed by atoms with Crippen LogP contribution in [0.15, 0.2) is 79.0 Å². The molecule has 0 radical (unpaired) electrons. The number of aryl methyl sites for hydroxylation is 1. The number of urea groups is 1. The fourth-order valence-corrected chi connectivity index (χ4v) is 2.91. The number of fused-ring (bicyclic) bond motifs is 1. The van der Waals surface area contributed by atoms with Gasteiger partial charge in [-0.25, -0.2) is 9.78 Å². The van der Waals surface area contributed by atoms with E-state index >= 15 is 0 Å². The van der Waals surface area contributed by atoms with Gasteiger partial charge in [0.1, 0.15) is 17.2 Å². The summed E-state index contributed by atoms with van der Waals surface area (Å²) in [7, 11) is 0. The Bertz CT molecular complexity index is 1070. The Morgan fingerprint density at radius 1 is 0.923 bits per heavy atom. The number of anilines is 2. The third kappa shape index (κ3) is 3.15. The van der Waals surface area contributed by atoms with E-state index in [4.69, 9.17) is 0 Å². The average Bonchev–Trinajstić information content (AvgIpc) is 3.01. The standard InChI is InChI=1S/C21H18N4O/c1-15-8-7-11-17(14-15)22-21(26)24-20-19(16-9-3-2-4-10-16)23-18-12-5-6-13-25(18)20/h2-14H,1H3,(H2,22,24,26). The van der Waals surface area contributed by atoms with Crippen molar-refractivity contribution in [3.05, 3.63) is 84.6 Å². The maximum atomic E-state index is 12.6. The molecule has 26 heavy (non-hydrogen) atoms. The number of benzene rings is 2. The minimum Gasteiger partial charge on any atom is -0.308 e. The average molecular weight is 342 g/mol. The van der Waals surface area contributed by atoms with Gasteiger partial charge < -0.3 is 5.32 Å². The summed E-state index contributed by atoms with van der Waals surface area (Å²) < 4.78 is 1.87. The summed E-state index contributed by atoms with van der Waals surface area (Å²) in [5, 5.41) is 5.82. The van der Waals surface area contributed by atoms with Gasteiger partial charge in [0.15, 0.2) is 0 Å². The summed E-state index contributed by atoms with van der Waals surface area (Å²) in [5.41, 5.74) is 4.29. The Morgan fingerprint density at radius 2 is 1.73 bits per heavy atom. The second-order valence-electron chi connectivity index (χ2n) is 6.05. The van der Waals surface area contributed by atoms with Crippen LogP contribution in [0.2, 0.25) is 0 Å². The van der Waals surface area contributed by atoms with Crippen LogP contribution in [0, 0.1) is 6.92 Å². The van der Waals surface area contributed by atoms with Gasteiger partial charge in [0.05, 0.1) is 0 Å². The zero-order valence-corrected chi connectivity index (χ0v) is 14.3. The minimum absolute atomic E-state index is 0.307. The van der Waals surface area contributed by atoms with Crippen molar-refractivity contribution in [2.75, 3.05) is 10.6 Å². The van der Waals surface area contributed by atoms with E-state index in [0.29, 0.717) is 5.82 Å². The van der Waals surface area contributed by atoms with Crippen LogP contribution in [0.5, 0.6) is 0 Å². The minimum atomic E-state index is -0.307. The number of rotatable bonds is 3. The molecule has 4 aromatic rings. The molecule has 0 unspecified atom stereocenters. The number of hydrogen-bond donors (Lipinski definition) is 2. The highest BCUT2D eigenvalue weighted by Crippen LogP contribution is 2.28. The molecule has 0 saturated carbocycles. The van der Waals surface area contributed by atoms with Gasteiger partial charge in [-0.05, 0) is 36.8 Å². The quantitative estimate of drug-likeness (QED) is 0.553. The first-order valence-electron chi connectivity index (χ1n) is 8.38. The number of hydrogen-bond acceptors (Lipinski definition) is 2. The zero-order chi connectivity index (χ0) is 17.9. The van der Waals surface area contributed by atoms with E-state index in [2.05, 4.69) is 15.6 Å². The Kier molecular flexibility index (Phi) is 4.11. The molecule has 128 valence electrons. The summed E-state index contributed by atoms with van der Waals surface area (Å²) in [4.78, 5) is 17.2. The van der Waals surface area contributed by atoms with Crippen LogP contribution >= 0.6 is 0 Å². The maximum Gasteiger partial charge on any atom is 0.324 e. The number of carbonyl (C=O) groups excluding carboxylic acids is 1. The number of nitrogens with one attached hydrogen (secondary N) is 2. The molecule has 0 fully saturated rings. The van der Waals surface area contributed by atoms with Crippen LogP contribution in [0.1, 0.15) is 5.56 Å². The van der Waals surface area contributed by atoms with Crippen molar-refractivity contribution in [1.29, 1.82) is 0 Å². The second-order valence-corrected chi connectivity index (χ2v) is 6.05. The number of amides is 2. The van der Waals surface area contributed by atoms with E-state index in [-0.39, 0.29) is 6.03 Å². The maximum absolute atomic E-state index is 12.6. The van der Waals surface area contributed by atoms with Crippen molar-refractivity contribution in [3.63, 3.8) is 0 Å². The first-order chi connectivity index (χ1) is 12.7. The van der Waals surface area contributed by atoms with Crippen LogP contribution in [0.4, 0.5) is 16.3 Å². The Hall–Kier alpha value is -3.60. The Morgan fingerprint density at radius 3 is 2.54 bits per heavy atom. The van der Waals surface area contributed by atoms with Gasteiger partial charge in [0.25, 0.3) is 0 Å². The molecule has 0 aliphatic heterocycles. The molecule has 0 spiro atoms. The van der Waals surface area contributed by atoms with Gasteiger partial charge in [-0.15, -0.1) is 0 Å². The smallest absolute Gasteiger partial charge is 0.308 e. The number of nitrogens with zero attached hydrogens (tertiary/aromatic N) is 2. The highest BCUT2D eigenvalue weighted by molar-refractivity contribution is 6.01. The number of carbonyl (C=O) groups is 1. The predicted molar refractivity (Wildman–Crippen MR) is 104 cm³/mol. The van der Waals surface area contributed by atoms with Gasteiger partial charge in [0, 0.05) is 17.4 Å². The van der Waals surface area contributed by atoms with E-state index < -0.39 is 0 Å². The molecule has 0 saturated heterocycles. The van der Waals surface area contributed by atoms with Crippen molar-refractivity contribution in [2.45, 2.75) is 6.92 Å². The van der Waals surface area contributed by atoms with Crippen molar-refractivity contribution in [3.8, 4) is 11.3 Å². The van der Waals surface area contributed by atoms with Gasteiger partial charge in [0.2, 0.25) is 0 Å². The van der Waals surface area contributed by atoms with Gasteiger partial charge in [-0.3, -0.25) is 9.72 Å². The Balaban J connectivity index is 1.70. The van der Waals surface area contributed by atoms with Crippen molar-refractivity contribution >= 4 is 23.2 Å². The summed E-state index contributed by atoms with van der Waals surface area (Å²) >= 11 is 0. The lowest BCUT2D eigenvalue weighted by molar-refractivity contribution is 0.262. The molecule has 2 heterocycles. The Labute approximate surface area is 151 Å². The lowest BCUT2D eigenvalue weighted by Gasteiger charge is -2.10. The van der Waals surface area contributed by atoms with E-state index in [0.717, 1.165) is 28.2 Å². The van der Waals surface area contributed by atoms with Gasteiger partial charge in [-0.2, -0.15) is 0 Å². The fraction of sp³-hybridized carbons (Fsp3) is 0.0476. The van der Waals surface area contributed by atoms with Crippen LogP contribution in [0.3, 0.4) is 0 Å². The van der Waals surface area contributed by atoms with Crippen LogP contribution in [-0.2, 0) is 0 Å². The fourth-order valence-electron chi connectivity index (χ4n) is 2.91. The highest BCUT2D eigenvalue weighted by Gasteiger charge is 2.16. The SMILES string of the molecule is Cc1cccc(NC(=O)Nc2c(-c3ccccc3)nc3ccccn23)c1. The number of aromatic nitrogens is 2. The molecule has 4 rings (SSSR count). The van der Waals surface area contributed by atoms with Crippen LogP contribution in [-0.4, -0.2) is 15.4 Å². The molecule has 5 nitrogen and oxygen atoms in total. The molecule has 2 N–H and O–H groups in total. The van der Waals surface area contributed by atoms with Gasteiger partial charge in [-0.1, -0.05) is 48.5 Å². The molecule has 5 heteroatoms. The summed E-state index contributed by atoms with van der Waals surface area (Å²) in [6.45, 7) is 1.99. The predicted octanol–water partition coefficient (Wildman–Crippen LogP) is 4.95. The molecule has 0 atom stereocenters. The summed E-state index contributed by atoms with van der Waals surface area (Å²) in [5.74, 6) is 0.636. The second kappa shape index (κ2) is 6.72. The van der Waals surface area contributed by atoms with E-state index in [1.54, 1.807) is 0 Å². The molecule has 0 aliphatic carbocycles. The number of pyridine rings is 1. The monoisotopic (exact) mass is 342 g/mol. The first-order valence-corrected chi connectivity index (χ1v) is 8.38. The number of imidazole rings is 1. The van der Waals surface area contributed by atoms with E-state index in [9.17, 15) is 4.79 Å². The van der Waals surface area contributed by atoms with E-state index in [1.165, 1.54) is 0 Å². The first kappa shape index (κ1) is 15.9. The van der Waals surface area contributed by atoms with Crippen molar-refractivity contribution < 1.29 is 4.79 Å². The van der Waals surface area contributed by atoms with Gasteiger partial charge >= 0.3 is 6.03 Å². The highest BCUT2D eigenvalue weighted by atomic mass is 16.2. The van der Waals surface area contributed by atoms with Crippen LogP contribution < -0.4 is 10.6 Å². The molecule has 2 amide bonds. The largest absolute Gasteiger partial charge is 0.324 e. The third-order valence-corrected chi connectivity index (χ3v) is 4.09.